The molecule has 0 atom stereocenters. The molecule has 0 aliphatic heterocycles. The van der Waals surface area contributed by atoms with Gasteiger partial charge in [0.1, 0.15) is 5.82 Å². The maximum Gasteiger partial charge on any atom is 0.220 e. The number of amides is 1. The molecular formula is C12H20N4O. The molecule has 0 aliphatic carbocycles. The van der Waals surface area contributed by atoms with Gasteiger partial charge in [-0.15, -0.1) is 0 Å². The summed E-state index contributed by atoms with van der Waals surface area (Å²) in [6, 6.07) is 3.60. The largest absolute Gasteiger partial charge is 0.384 e. The van der Waals surface area contributed by atoms with Gasteiger partial charge < -0.3 is 16.4 Å². The summed E-state index contributed by atoms with van der Waals surface area (Å²) in [7, 11) is 0. The van der Waals surface area contributed by atoms with Crippen LogP contribution in [0.15, 0.2) is 18.3 Å². The minimum absolute atomic E-state index is 0.115. The molecule has 0 saturated carbocycles. The van der Waals surface area contributed by atoms with Crippen LogP contribution in [-0.4, -0.2) is 24.0 Å². The summed E-state index contributed by atoms with van der Waals surface area (Å²) in [6.45, 7) is 3.37. The van der Waals surface area contributed by atoms with E-state index in [-0.39, 0.29) is 5.91 Å². The molecule has 0 unspecified atom stereocenters. The summed E-state index contributed by atoms with van der Waals surface area (Å²) in [5, 5.41) is 6.00. The SMILES string of the molecule is CCCCC(=O)NCCNc1ccc(N)nc1. The smallest absolute Gasteiger partial charge is 0.220 e. The molecule has 4 N–H and O–H groups in total. The predicted molar refractivity (Wildman–Crippen MR) is 69.7 cm³/mol. The number of unbranched alkanes of at least 4 members (excludes halogenated alkanes) is 1. The fourth-order valence-electron chi connectivity index (χ4n) is 1.34. The maximum absolute atomic E-state index is 11.3. The van der Waals surface area contributed by atoms with E-state index in [1.165, 1.54) is 0 Å². The van der Waals surface area contributed by atoms with Crippen LogP contribution in [0.3, 0.4) is 0 Å². The van der Waals surface area contributed by atoms with Crippen molar-refractivity contribution in [1.82, 2.24) is 10.3 Å². The molecule has 94 valence electrons. The van der Waals surface area contributed by atoms with Crippen LogP contribution >= 0.6 is 0 Å². The fourth-order valence-corrected chi connectivity index (χ4v) is 1.34. The number of nitrogens with two attached hydrogens (primary N) is 1. The third-order valence-electron chi connectivity index (χ3n) is 2.32. The highest BCUT2D eigenvalue weighted by molar-refractivity contribution is 5.75. The van der Waals surface area contributed by atoms with Crippen LogP contribution in [-0.2, 0) is 4.79 Å². The Labute approximate surface area is 102 Å². The Morgan fingerprint density at radius 2 is 2.24 bits per heavy atom. The van der Waals surface area contributed by atoms with Crippen molar-refractivity contribution >= 4 is 17.4 Å². The Bertz CT molecular complexity index is 337. The molecule has 1 rings (SSSR count). The topological polar surface area (TPSA) is 80.0 Å². The molecule has 1 aromatic rings. The lowest BCUT2D eigenvalue weighted by Gasteiger charge is -2.07. The van der Waals surface area contributed by atoms with E-state index in [0.717, 1.165) is 18.5 Å². The molecule has 0 bridgehead atoms. The average Bonchev–Trinajstić information content (AvgIpc) is 2.34. The summed E-state index contributed by atoms with van der Waals surface area (Å²) >= 11 is 0. The van der Waals surface area contributed by atoms with Gasteiger partial charge >= 0.3 is 0 Å². The number of hydrogen-bond acceptors (Lipinski definition) is 4. The molecule has 17 heavy (non-hydrogen) atoms. The lowest BCUT2D eigenvalue weighted by molar-refractivity contribution is -0.121. The first-order chi connectivity index (χ1) is 8.22. The monoisotopic (exact) mass is 236 g/mol. The third-order valence-corrected chi connectivity index (χ3v) is 2.32. The number of nitrogens with one attached hydrogen (secondary N) is 2. The van der Waals surface area contributed by atoms with Gasteiger partial charge in [0.25, 0.3) is 0 Å². The molecule has 5 nitrogen and oxygen atoms in total. The molecule has 0 saturated heterocycles. The molecule has 0 radical (unpaired) electrons. The van der Waals surface area contributed by atoms with Gasteiger partial charge in [-0.2, -0.15) is 0 Å². The average molecular weight is 236 g/mol. The number of carbonyl (C=O) groups excluding carboxylic acids is 1. The van der Waals surface area contributed by atoms with Gasteiger partial charge in [0, 0.05) is 19.5 Å². The summed E-state index contributed by atoms with van der Waals surface area (Å²) in [4.78, 5) is 15.3. The highest BCUT2D eigenvalue weighted by Crippen LogP contribution is 2.05. The van der Waals surface area contributed by atoms with Crippen LogP contribution in [0.2, 0.25) is 0 Å². The van der Waals surface area contributed by atoms with Crippen LogP contribution in [0.5, 0.6) is 0 Å². The molecule has 0 aromatic carbocycles. The van der Waals surface area contributed by atoms with Crippen LogP contribution < -0.4 is 16.4 Å². The molecule has 1 aromatic heterocycles. The van der Waals surface area contributed by atoms with Crippen molar-refractivity contribution in [2.75, 3.05) is 24.1 Å². The summed E-state index contributed by atoms with van der Waals surface area (Å²) in [6.07, 6.45) is 4.28. The van der Waals surface area contributed by atoms with E-state index in [1.807, 2.05) is 6.07 Å². The Morgan fingerprint density at radius 1 is 1.41 bits per heavy atom. The minimum Gasteiger partial charge on any atom is -0.384 e. The van der Waals surface area contributed by atoms with Gasteiger partial charge in [0.05, 0.1) is 11.9 Å². The Hall–Kier alpha value is -1.78. The van der Waals surface area contributed by atoms with Gasteiger partial charge in [0.15, 0.2) is 0 Å². The van der Waals surface area contributed by atoms with E-state index in [1.54, 1.807) is 12.3 Å². The van der Waals surface area contributed by atoms with Crippen LogP contribution in [0.4, 0.5) is 11.5 Å². The second kappa shape index (κ2) is 7.49. The summed E-state index contributed by atoms with van der Waals surface area (Å²) < 4.78 is 0. The minimum atomic E-state index is 0.115. The van der Waals surface area contributed by atoms with Crippen molar-refractivity contribution in [3.8, 4) is 0 Å². The number of pyridine rings is 1. The molecule has 0 aliphatic rings. The summed E-state index contributed by atoms with van der Waals surface area (Å²) in [5.74, 6) is 0.618. The second-order valence-corrected chi connectivity index (χ2v) is 3.85. The number of aromatic nitrogens is 1. The second-order valence-electron chi connectivity index (χ2n) is 3.85. The van der Waals surface area contributed by atoms with Gasteiger partial charge in [-0.25, -0.2) is 4.98 Å². The Morgan fingerprint density at radius 3 is 2.88 bits per heavy atom. The normalized spacial score (nSPS) is 9.94. The molecule has 0 spiro atoms. The third kappa shape index (κ3) is 5.75. The quantitative estimate of drug-likeness (QED) is 0.625. The van der Waals surface area contributed by atoms with Crippen molar-refractivity contribution in [3.63, 3.8) is 0 Å². The first-order valence-electron chi connectivity index (χ1n) is 5.94. The maximum atomic E-state index is 11.3. The zero-order valence-corrected chi connectivity index (χ0v) is 10.2. The highest BCUT2D eigenvalue weighted by atomic mass is 16.1. The molecule has 1 heterocycles. The number of nitrogens with zero attached hydrogens (tertiary/aromatic N) is 1. The fraction of sp³-hybridized carbons (Fsp3) is 0.500. The van der Waals surface area contributed by atoms with E-state index in [9.17, 15) is 4.79 Å². The zero-order chi connectivity index (χ0) is 12.5. The lowest BCUT2D eigenvalue weighted by Crippen LogP contribution is -2.28. The van der Waals surface area contributed by atoms with Crippen LogP contribution in [0, 0.1) is 0 Å². The Kier molecular flexibility index (Phi) is 5.85. The van der Waals surface area contributed by atoms with Crippen molar-refractivity contribution in [2.45, 2.75) is 26.2 Å². The summed E-state index contributed by atoms with van der Waals surface area (Å²) in [5.41, 5.74) is 6.38. The molecular weight excluding hydrogens is 216 g/mol. The molecule has 1 amide bonds. The number of rotatable bonds is 7. The first kappa shape index (κ1) is 13.3. The van der Waals surface area contributed by atoms with Gasteiger partial charge in [-0.05, 0) is 18.6 Å². The number of hydrogen-bond donors (Lipinski definition) is 3. The number of anilines is 2. The van der Waals surface area contributed by atoms with Gasteiger partial charge in [0.2, 0.25) is 5.91 Å². The zero-order valence-electron chi connectivity index (χ0n) is 10.2. The molecule has 5 heteroatoms. The number of nitrogen functional groups attached to an aromatic ring is 1. The van der Waals surface area contributed by atoms with Crippen molar-refractivity contribution < 1.29 is 4.79 Å². The van der Waals surface area contributed by atoms with Crippen LogP contribution in [0.1, 0.15) is 26.2 Å². The van der Waals surface area contributed by atoms with Crippen molar-refractivity contribution in [3.05, 3.63) is 18.3 Å². The van der Waals surface area contributed by atoms with E-state index in [0.29, 0.717) is 25.3 Å². The van der Waals surface area contributed by atoms with E-state index < -0.39 is 0 Å². The number of carbonyl (C=O) groups is 1. The van der Waals surface area contributed by atoms with Crippen molar-refractivity contribution in [1.29, 1.82) is 0 Å². The van der Waals surface area contributed by atoms with E-state index in [4.69, 9.17) is 5.73 Å². The van der Waals surface area contributed by atoms with Gasteiger partial charge in [-0.3, -0.25) is 4.79 Å². The first-order valence-corrected chi connectivity index (χ1v) is 5.94. The Balaban J connectivity index is 2.11. The van der Waals surface area contributed by atoms with Crippen molar-refractivity contribution in [2.24, 2.45) is 0 Å². The van der Waals surface area contributed by atoms with E-state index in [2.05, 4.69) is 22.5 Å². The predicted octanol–water partition coefficient (Wildman–Crippen LogP) is 1.38. The lowest BCUT2D eigenvalue weighted by atomic mass is 10.2. The van der Waals surface area contributed by atoms with Gasteiger partial charge in [-0.1, -0.05) is 13.3 Å². The van der Waals surface area contributed by atoms with Crippen LogP contribution in [0.25, 0.3) is 0 Å². The highest BCUT2D eigenvalue weighted by Gasteiger charge is 1.98. The van der Waals surface area contributed by atoms with E-state index >= 15 is 0 Å². The molecule has 0 fully saturated rings. The standard InChI is InChI=1S/C12H20N4O/c1-2-3-4-12(17)15-8-7-14-10-5-6-11(13)16-9-10/h5-6,9,14H,2-4,7-8H2,1H3,(H2,13,16)(H,15,17).